The molecule has 7 nitrogen and oxygen atoms in total. The molecular weight excluding hydrogens is 318 g/mol. The van der Waals surface area contributed by atoms with Gasteiger partial charge in [0.2, 0.25) is 0 Å². The Morgan fingerprint density at radius 2 is 1.83 bits per heavy atom. The van der Waals surface area contributed by atoms with Crippen LogP contribution >= 0.6 is 0 Å². The molecule has 2 aliphatic rings. The van der Waals surface area contributed by atoms with Gasteiger partial charge < -0.3 is 14.7 Å². The quantitative estimate of drug-likeness (QED) is 0.729. The fourth-order valence-electron chi connectivity index (χ4n) is 3.43. The van der Waals surface area contributed by atoms with Crippen LogP contribution in [0.3, 0.4) is 0 Å². The molecule has 0 aromatic carbocycles. The summed E-state index contributed by atoms with van der Waals surface area (Å²) in [4.78, 5) is 2.26. The van der Waals surface area contributed by atoms with Gasteiger partial charge >= 0.3 is 0 Å². The van der Waals surface area contributed by atoms with E-state index in [4.69, 9.17) is 4.74 Å². The maximum Gasteiger partial charge on any atom is 0.282 e. The third-order valence-electron chi connectivity index (χ3n) is 5.36. The Labute approximate surface area is 140 Å². The Balaban J connectivity index is 1.97. The van der Waals surface area contributed by atoms with Crippen molar-refractivity contribution in [3.63, 3.8) is 0 Å². The van der Waals surface area contributed by atoms with Crippen LogP contribution in [-0.2, 0) is 14.9 Å². The van der Waals surface area contributed by atoms with Gasteiger partial charge in [-0.25, -0.2) is 0 Å². The molecule has 2 saturated heterocycles. The van der Waals surface area contributed by atoms with Crippen LogP contribution in [0.2, 0.25) is 0 Å². The first kappa shape index (κ1) is 19.1. The van der Waals surface area contributed by atoms with Crippen molar-refractivity contribution in [3.05, 3.63) is 0 Å². The van der Waals surface area contributed by atoms with Crippen LogP contribution in [-0.4, -0.2) is 92.2 Å². The normalized spacial score (nSPS) is 32.3. The van der Waals surface area contributed by atoms with E-state index in [1.165, 1.54) is 0 Å². The lowest BCUT2D eigenvalue weighted by Gasteiger charge is -2.44. The van der Waals surface area contributed by atoms with E-state index in [2.05, 4.69) is 11.8 Å². The zero-order valence-electron chi connectivity index (χ0n) is 14.6. The molecule has 0 aromatic heterocycles. The molecule has 8 heteroatoms. The Morgan fingerprint density at radius 3 is 2.35 bits per heavy atom. The molecule has 0 aromatic rings. The van der Waals surface area contributed by atoms with Crippen molar-refractivity contribution in [2.24, 2.45) is 5.92 Å². The van der Waals surface area contributed by atoms with Crippen molar-refractivity contribution in [3.8, 4) is 0 Å². The third-order valence-corrected chi connectivity index (χ3v) is 7.36. The summed E-state index contributed by atoms with van der Waals surface area (Å²) in [5.74, 6) is -0.0990. The minimum atomic E-state index is -3.42. The van der Waals surface area contributed by atoms with E-state index in [0.717, 1.165) is 19.6 Å². The lowest BCUT2D eigenvalue weighted by molar-refractivity contribution is -0.0687. The van der Waals surface area contributed by atoms with Crippen molar-refractivity contribution in [1.82, 2.24) is 13.5 Å². The first-order valence-electron chi connectivity index (χ1n) is 8.52. The molecule has 23 heavy (non-hydrogen) atoms. The molecule has 0 unspecified atom stereocenters. The molecule has 2 aliphatic heterocycles. The number of methoxy groups -OCH3 is 1. The van der Waals surface area contributed by atoms with E-state index in [-0.39, 0.29) is 5.92 Å². The Bertz CT molecular complexity index is 479. The average Bonchev–Trinajstić information content (AvgIpc) is 2.55. The predicted octanol–water partition coefficient (Wildman–Crippen LogP) is -0.0219. The molecule has 0 amide bonds. The summed E-state index contributed by atoms with van der Waals surface area (Å²) in [6, 6.07) is 0. The first-order chi connectivity index (χ1) is 10.8. The van der Waals surface area contributed by atoms with Crippen LogP contribution < -0.4 is 0 Å². The molecule has 2 fully saturated rings. The smallest absolute Gasteiger partial charge is 0.282 e. The molecule has 136 valence electrons. The van der Waals surface area contributed by atoms with Crippen molar-refractivity contribution in [1.29, 1.82) is 0 Å². The molecule has 1 N–H and O–H groups in total. The van der Waals surface area contributed by atoms with E-state index < -0.39 is 15.8 Å². The highest BCUT2D eigenvalue weighted by atomic mass is 32.2. The molecule has 2 heterocycles. The van der Waals surface area contributed by atoms with Crippen LogP contribution in [0.15, 0.2) is 0 Å². The summed E-state index contributed by atoms with van der Waals surface area (Å²) in [6.45, 7) is 8.90. The summed E-state index contributed by atoms with van der Waals surface area (Å²) in [5, 5.41) is 10.7. The monoisotopic (exact) mass is 349 g/mol. The van der Waals surface area contributed by atoms with Gasteiger partial charge in [0.05, 0.1) is 5.60 Å². The largest absolute Gasteiger partial charge is 0.389 e. The molecule has 2 rings (SSSR count). The van der Waals surface area contributed by atoms with Gasteiger partial charge in [0, 0.05) is 53.0 Å². The second-order valence-corrected chi connectivity index (χ2v) is 8.62. The molecule has 0 spiro atoms. The van der Waals surface area contributed by atoms with E-state index in [1.807, 2.05) is 6.92 Å². The minimum Gasteiger partial charge on any atom is -0.389 e. The molecule has 2 atom stereocenters. The number of ether oxygens (including phenoxy) is 1. The summed E-state index contributed by atoms with van der Waals surface area (Å²) in [6.07, 6.45) is 1.01. The molecule has 0 radical (unpaired) electrons. The Morgan fingerprint density at radius 1 is 1.17 bits per heavy atom. The van der Waals surface area contributed by atoms with Gasteiger partial charge in [0.1, 0.15) is 0 Å². The van der Waals surface area contributed by atoms with Gasteiger partial charge in [-0.15, -0.1) is 0 Å². The highest BCUT2D eigenvalue weighted by molar-refractivity contribution is 7.86. The van der Waals surface area contributed by atoms with Gasteiger partial charge in [0.25, 0.3) is 10.2 Å². The van der Waals surface area contributed by atoms with Crippen LogP contribution in [0.4, 0.5) is 0 Å². The molecule has 0 aliphatic carbocycles. The second kappa shape index (κ2) is 7.76. The zero-order valence-corrected chi connectivity index (χ0v) is 15.4. The summed E-state index contributed by atoms with van der Waals surface area (Å²) in [7, 11) is -1.81. The average molecular weight is 349 g/mol. The maximum absolute atomic E-state index is 12.8. The number of hydrogen-bond donors (Lipinski definition) is 1. The van der Waals surface area contributed by atoms with Crippen molar-refractivity contribution in [2.75, 3.05) is 59.5 Å². The highest BCUT2D eigenvalue weighted by Gasteiger charge is 2.43. The van der Waals surface area contributed by atoms with Crippen molar-refractivity contribution < 1.29 is 18.3 Å². The maximum atomic E-state index is 12.8. The van der Waals surface area contributed by atoms with Crippen molar-refractivity contribution in [2.45, 2.75) is 32.3 Å². The highest BCUT2D eigenvalue weighted by Crippen LogP contribution is 2.32. The van der Waals surface area contributed by atoms with Crippen LogP contribution in [0.1, 0.15) is 26.7 Å². The van der Waals surface area contributed by atoms with Crippen molar-refractivity contribution >= 4 is 10.2 Å². The minimum absolute atomic E-state index is 0.0990. The van der Waals surface area contributed by atoms with Gasteiger partial charge in [-0.2, -0.15) is 17.0 Å². The van der Waals surface area contributed by atoms with E-state index in [9.17, 15) is 13.5 Å². The van der Waals surface area contributed by atoms with Crippen LogP contribution in [0, 0.1) is 5.92 Å². The molecule has 0 bridgehead atoms. The van der Waals surface area contributed by atoms with Gasteiger partial charge in [-0.3, -0.25) is 0 Å². The number of piperazine rings is 1. The topological polar surface area (TPSA) is 73.3 Å². The number of nitrogens with zero attached hydrogens (tertiary/aromatic N) is 3. The van der Waals surface area contributed by atoms with E-state index in [1.54, 1.807) is 15.7 Å². The van der Waals surface area contributed by atoms with Crippen LogP contribution in [0.5, 0.6) is 0 Å². The lowest BCUT2D eigenvalue weighted by atomic mass is 9.81. The number of hydrogen-bond acceptors (Lipinski definition) is 5. The van der Waals surface area contributed by atoms with E-state index >= 15 is 0 Å². The zero-order chi connectivity index (χ0) is 17.1. The summed E-state index contributed by atoms with van der Waals surface area (Å²) < 4.78 is 33.9. The van der Waals surface area contributed by atoms with Gasteiger partial charge in [0.15, 0.2) is 0 Å². The number of aliphatic hydroxyl groups is 1. The van der Waals surface area contributed by atoms with Gasteiger partial charge in [-0.05, 0) is 25.3 Å². The Kier molecular flexibility index (Phi) is 6.43. The first-order valence-corrected chi connectivity index (χ1v) is 9.92. The van der Waals surface area contributed by atoms with E-state index in [0.29, 0.717) is 45.6 Å². The van der Waals surface area contributed by atoms with Crippen LogP contribution in [0.25, 0.3) is 0 Å². The lowest BCUT2D eigenvalue weighted by Crippen LogP contribution is -2.58. The Hall–Kier alpha value is -0.250. The fourth-order valence-corrected chi connectivity index (χ4v) is 5.12. The summed E-state index contributed by atoms with van der Waals surface area (Å²) in [5.41, 5.74) is -0.830. The molecule has 0 saturated carbocycles. The number of likely N-dealkylation sites (N-methyl/N-ethyl adjacent to an activating group) is 1. The summed E-state index contributed by atoms with van der Waals surface area (Å²) >= 11 is 0. The van der Waals surface area contributed by atoms with Gasteiger partial charge in [-0.1, -0.05) is 13.8 Å². The fraction of sp³-hybridized carbons (Fsp3) is 1.00. The number of rotatable bonds is 6. The third kappa shape index (κ3) is 4.24. The molecular formula is C15H31N3O4S. The standard InChI is InChI=1S/C15H31N3O4S/c1-4-16-8-10-17(11-9-16)23(20,21)18-7-5-15(19,6-12-22-3)14(2)13-18/h14,19H,4-13H2,1-3H3/t14-,15-/m1/s1. The SMILES string of the molecule is CCN1CCN(S(=O)(=O)N2CC[C@@](O)(CCOC)[C@H](C)C2)CC1. The number of piperidine rings is 1. The predicted molar refractivity (Wildman–Crippen MR) is 89.4 cm³/mol. The second-order valence-electron chi connectivity index (χ2n) is 6.70.